The number of anilines is 1. The van der Waals surface area contributed by atoms with Crippen LogP contribution < -0.4 is 15.6 Å². The molecular weight excluding hydrogens is 342 g/mol. The highest BCUT2D eigenvalue weighted by molar-refractivity contribution is 5.94. The maximum atomic E-state index is 12.8. The van der Waals surface area contributed by atoms with Crippen LogP contribution >= 0.6 is 0 Å². The number of carbonyl (C=O) groups excluding carboxylic acids is 1. The lowest BCUT2D eigenvalue weighted by molar-refractivity contribution is -0.115. The van der Waals surface area contributed by atoms with Crippen LogP contribution in [0.3, 0.4) is 0 Å². The summed E-state index contributed by atoms with van der Waals surface area (Å²) in [4.78, 5) is 29.8. The molecule has 1 aromatic heterocycles. The molecule has 3 aromatic rings. The Morgan fingerprint density at radius 1 is 1.22 bits per heavy atom. The Kier molecular flexibility index (Phi) is 4.62. The Labute approximate surface area is 156 Å². The van der Waals surface area contributed by atoms with Crippen molar-refractivity contribution in [3.8, 4) is 5.75 Å². The highest BCUT2D eigenvalue weighted by Crippen LogP contribution is 2.19. The van der Waals surface area contributed by atoms with E-state index in [0.717, 1.165) is 36.4 Å². The normalized spacial score (nSPS) is 13.2. The summed E-state index contributed by atoms with van der Waals surface area (Å²) in [6.45, 7) is 0.712. The quantitative estimate of drug-likeness (QED) is 0.773. The Balaban J connectivity index is 1.57. The van der Waals surface area contributed by atoms with Gasteiger partial charge in [-0.2, -0.15) is 0 Å². The van der Waals surface area contributed by atoms with Gasteiger partial charge in [0.15, 0.2) is 0 Å². The molecule has 6 heteroatoms. The fraction of sp³-hybridized carbons (Fsp3) is 0.286. The molecule has 0 unspecified atom stereocenters. The first-order valence-corrected chi connectivity index (χ1v) is 9.10. The second kappa shape index (κ2) is 7.23. The second-order valence-corrected chi connectivity index (χ2v) is 6.75. The van der Waals surface area contributed by atoms with Gasteiger partial charge < -0.3 is 10.1 Å². The Bertz CT molecular complexity index is 1070. The standard InChI is InChI=1S/C21H21N3O3/c1-27-16-6-4-5-14(11-16)12-20(25)22-15-8-9-18-17(13-15)21(26)24-10-3-2-7-19(24)23-18/h4-6,8-9,11,13H,2-3,7,10,12H2,1H3,(H,22,25). The maximum absolute atomic E-state index is 12.8. The number of rotatable bonds is 4. The van der Waals surface area contributed by atoms with Crippen molar-refractivity contribution in [3.63, 3.8) is 0 Å². The van der Waals surface area contributed by atoms with E-state index in [9.17, 15) is 9.59 Å². The number of amides is 1. The minimum absolute atomic E-state index is 0.0291. The molecule has 6 nitrogen and oxygen atoms in total. The zero-order chi connectivity index (χ0) is 18.8. The van der Waals surface area contributed by atoms with Crippen molar-refractivity contribution in [1.29, 1.82) is 0 Å². The smallest absolute Gasteiger partial charge is 0.261 e. The van der Waals surface area contributed by atoms with Crippen molar-refractivity contribution in [2.45, 2.75) is 32.2 Å². The van der Waals surface area contributed by atoms with Gasteiger partial charge in [-0.15, -0.1) is 0 Å². The molecule has 1 aliphatic rings. The van der Waals surface area contributed by atoms with Crippen molar-refractivity contribution < 1.29 is 9.53 Å². The first-order valence-electron chi connectivity index (χ1n) is 9.10. The number of fused-ring (bicyclic) bond motifs is 2. The molecule has 0 spiro atoms. The minimum Gasteiger partial charge on any atom is -0.497 e. The number of benzene rings is 2. The van der Waals surface area contributed by atoms with E-state index in [0.29, 0.717) is 23.1 Å². The number of hydrogen-bond acceptors (Lipinski definition) is 4. The van der Waals surface area contributed by atoms with Gasteiger partial charge in [0, 0.05) is 18.7 Å². The molecule has 0 fully saturated rings. The Hall–Kier alpha value is -3.15. The largest absolute Gasteiger partial charge is 0.497 e. The van der Waals surface area contributed by atoms with Crippen LogP contribution in [-0.2, 0) is 24.2 Å². The lowest BCUT2D eigenvalue weighted by Gasteiger charge is -2.18. The van der Waals surface area contributed by atoms with Crippen LogP contribution in [0.25, 0.3) is 10.9 Å². The number of hydrogen-bond donors (Lipinski definition) is 1. The molecule has 0 aliphatic carbocycles. The van der Waals surface area contributed by atoms with Crippen molar-refractivity contribution >= 4 is 22.5 Å². The summed E-state index contributed by atoms with van der Waals surface area (Å²) >= 11 is 0. The molecular formula is C21H21N3O3. The minimum atomic E-state index is -0.145. The van der Waals surface area contributed by atoms with Crippen LogP contribution in [0.1, 0.15) is 24.2 Å². The zero-order valence-corrected chi connectivity index (χ0v) is 15.2. The zero-order valence-electron chi connectivity index (χ0n) is 15.2. The Morgan fingerprint density at radius 2 is 2.11 bits per heavy atom. The molecule has 1 N–H and O–H groups in total. The first kappa shape index (κ1) is 17.3. The average molecular weight is 363 g/mol. The summed E-state index contributed by atoms with van der Waals surface area (Å²) in [5.41, 5.74) is 2.12. The van der Waals surface area contributed by atoms with Gasteiger partial charge in [0.05, 0.1) is 24.4 Å². The lowest BCUT2D eigenvalue weighted by Crippen LogP contribution is -2.28. The predicted octanol–water partition coefficient (Wildman–Crippen LogP) is 2.92. The molecule has 0 saturated heterocycles. The van der Waals surface area contributed by atoms with Gasteiger partial charge in [-0.3, -0.25) is 14.2 Å². The van der Waals surface area contributed by atoms with E-state index >= 15 is 0 Å². The van der Waals surface area contributed by atoms with Gasteiger partial charge in [-0.25, -0.2) is 4.98 Å². The van der Waals surface area contributed by atoms with E-state index in [1.54, 1.807) is 29.9 Å². The van der Waals surface area contributed by atoms with E-state index in [2.05, 4.69) is 10.3 Å². The highest BCUT2D eigenvalue weighted by Gasteiger charge is 2.15. The van der Waals surface area contributed by atoms with Crippen molar-refractivity contribution in [1.82, 2.24) is 9.55 Å². The molecule has 0 atom stereocenters. The topological polar surface area (TPSA) is 73.2 Å². The molecule has 2 aromatic carbocycles. The molecule has 0 radical (unpaired) electrons. The van der Waals surface area contributed by atoms with Crippen molar-refractivity contribution in [3.05, 3.63) is 64.2 Å². The van der Waals surface area contributed by atoms with Crippen LogP contribution in [0.4, 0.5) is 5.69 Å². The van der Waals surface area contributed by atoms with E-state index in [4.69, 9.17) is 4.74 Å². The summed E-state index contributed by atoms with van der Waals surface area (Å²) in [7, 11) is 1.60. The van der Waals surface area contributed by atoms with E-state index in [1.807, 2.05) is 24.3 Å². The third-order valence-corrected chi connectivity index (χ3v) is 4.85. The molecule has 138 valence electrons. The second-order valence-electron chi connectivity index (χ2n) is 6.75. The molecule has 2 heterocycles. The van der Waals surface area contributed by atoms with Crippen molar-refractivity contribution in [2.24, 2.45) is 0 Å². The van der Waals surface area contributed by atoms with Crippen LogP contribution in [0.5, 0.6) is 5.75 Å². The van der Waals surface area contributed by atoms with Gasteiger partial charge in [-0.1, -0.05) is 12.1 Å². The van der Waals surface area contributed by atoms with E-state index in [1.165, 1.54) is 0 Å². The summed E-state index contributed by atoms with van der Waals surface area (Å²) < 4.78 is 6.94. The highest BCUT2D eigenvalue weighted by atomic mass is 16.5. The fourth-order valence-electron chi connectivity index (χ4n) is 3.49. The van der Waals surface area contributed by atoms with Gasteiger partial charge in [0.2, 0.25) is 5.91 Å². The van der Waals surface area contributed by atoms with Crippen LogP contribution in [-0.4, -0.2) is 22.6 Å². The predicted molar refractivity (Wildman–Crippen MR) is 104 cm³/mol. The number of aromatic nitrogens is 2. The molecule has 1 amide bonds. The molecule has 4 rings (SSSR count). The summed E-state index contributed by atoms with van der Waals surface area (Å²) in [6.07, 6.45) is 3.13. The number of nitrogens with one attached hydrogen (secondary N) is 1. The number of aryl methyl sites for hydroxylation is 1. The lowest BCUT2D eigenvalue weighted by atomic mass is 10.1. The summed E-state index contributed by atoms with van der Waals surface area (Å²) in [5.74, 6) is 1.43. The third-order valence-electron chi connectivity index (χ3n) is 4.85. The molecule has 0 saturated carbocycles. The van der Waals surface area contributed by atoms with Crippen molar-refractivity contribution in [2.75, 3.05) is 12.4 Å². The van der Waals surface area contributed by atoms with Crippen LogP contribution in [0, 0.1) is 0 Å². The monoisotopic (exact) mass is 363 g/mol. The first-order chi connectivity index (χ1) is 13.1. The SMILES string of the molecule is COc1cccc(CC(=O)Nc2ccc3nc4n(c(=O)c3c2)CCCC4)c1. The fourth-order valence-corrected chi connectivity index (χ4v) is 3.49. The number of methoxy groups -OCH3 is 1. The van der Waals surface area contributed by atoms with Gasteiger partial charge >= 0.3 is 0 Å². The molecule has 1 aliphatic heterocycles. The summed E-state index contributed by atoms with van der Waals surface area (Å²) in [5, 5.41) is 3.41. The van der Waals surface area contributed by atoms with Crippen LogP contribution in [0.2, 0.25) is 0 Å². The number of nitrogens with zero attached hydrogens (tertiary/aromatic N) is 2. The average Bonchev–Trinajstić information content (AvgIpc) is 2.69. The van der Waals surface area contributed by atoms with Gasteiger partial charge in [-0.05, 0) is 48.7 Å². The van der Waals surface area contributed by atoms with E-state index in [-0.39, 0.29) is 17.9 Å². The summed E-state index contributed by atoms with van der Waals surface area (Å²) in [6, 6.07) is 12.7. The Morgan fingerprint density at radius 3 is 2.96 bits per heavy atom. The van der Waals surface area contributed by atoms with Gasteiger partial charge in [0.1, 0.15) is 11.6 Å². The van der Waals surface area contributed by atoms with Gasteiger partial charge in [0.25, 0.3) is 5.56 Å². The van der Waals surface area contributed by atoms with Crippen LogP contribution in [0.15, 0.2) is 47.3 Å². The molecule has 27 heavy (non-hydrogen) atoms. The maximum Gasteiger partial charge on any atom is 0.261 e. The third kappa shape index (κ3) is 3.56. The van der Waals surface area contributed by atoms with E-state index < -0.39 is 0 Å². The molecule has 0 bridgehead atoms. The number of ether oxygens (including phenoxy) is 1. The number of carbonyl (C=O) groups is 1.